The Kier molecular flexibility index (Phi) is 3.45. The smallest absolute Gasteiger partial charge is 0.106 e. The second kappa shape index (κ2) is 4.65. The summed E-state index contributed by atoms with van der Waals surface area (Å²) in [6, 6.07) is 8.55. The van der Waals surface area contributed by atoms with Gasteiger partial charge in [-0.25, -0.2) is 0 Å². The normalized spacial score (nSPS) is 29.8. The Morgan fingerprint density at radius 1 is 1.42 bits per heavy atom. The molecule has 0 bridgehead atoms. The van der Waals surface area contributed by atoms with Crippen molar-refractivity contribution in [2.45, 2.75) is 52.6 Å². The molecule has 1 aliphatic carbocycles. The van der Waals surface area contributed by atoms with Crippen molar-refractivity contribution in [3.05, 3.63) is 34.9 Å². The first kappa shape index (κ1) is 14.1. The van der Waals surface area contributed by atoms with Crippen molar-refractivity contribution in [2.75, 3.05) is 0 Å². The van der Waals surface area contributed by atoms with Gasteiger partial charge in [-0.05, 0) is 57.1 Å². The van der Waals surface area contributed by atoms with Crippen molar-refractivity contribution in [3.8, 4) is 6.07 Å². The number of nitriles is 1. The van der Waals surface area contributed by atoms with Gasteiger partial charge in [0.15, 0.2) is 0 Å². The van der Waals surface area contributed by atoms with E-state index in [1.54, 1.807) is 0 Å². The Hall–Kier alpha value is -1.33. The van der Waals surface area contributed by atoms with Gasteiger partial charge in [-0.1, -0.05) is 30.7 Å². The first-order chi connectivity index (χ1) is 8.82. The summed E-state index contributed by atoms with van der Waals surface area (Å²) in [6.07, 6.45) is 2.59. The summed E-state index contributed by atoms with van der Waals surface area (Å²) in [5.41, 5.74) is 1.36. The predicted molar refractivity (Wildman–Crippen MR) is 76.5 cm³/mol. The lowest BCUT2D eigenvalue weighted by Gasteiger charge is -2.39. The maximum Gasteiger partial charge on any atom is 0.106 e. The summed E-state index contributed by atoms with van der Waals surface area (Å²) in [4.78, 5) is 0. The third kappa shape index (κ3) is 2.17. The number of rotatable bonds is 2. The molecular formula is C17H23NO. The second-order valence-electron chi connectivity index (χ2n) is 6.43. The van der Waals surface area contributed by atoms with Crippen LogP contribution in [0.2, 0.25) is 0 Å². The zero-order valence-electron chi connectivity index (χ0n) is 12.3. The van der Waals surface area contributed by atoms with Crippen LogP contribution in [0.5, 0.6) is 0 Å². The van der Waals surface area contributed by atoms with E-state index in [1.165, 1.54) is 0 Å². The van der Waals surface area contributed by atoms with Gasteiger partial charge in [-0.15, -0.1) is 0 Å². The zero-order chi connectivity index (χ0) is 14.3. The zero-order valence-corrected chi connectivity index (χ0v) is 12.3. The quantitative estimate of drug-likeness (QED) is 0.874. The molecule has 1 N–H and O–H groups in total. The standard InChI is InChI=1S/C17H23NO/c1-12-5-6-14(3)15(9-12)16(4,19)17(11-18)8-7-13(2)10-17/h5-6,9,13,19H,7-8,10H2,1-4H3. The molecule has 2 nitrogen and oxygen atoms in total. The topological polar surface area (TPSA) is 44.0 Å². The van der Waals surface area contributed by atoms with Gasteiger partial charge in [0.05, 0.1) is 11.5 Å². The third-order valence-corrected chi connectivity index (χ3v) is 4.82. The number of benzene rings is 1. The maximum atomic E-state index is 11.1. The van der Waals surface area contributed by atoms with Crippen molar-refractivity contribution in [1.29, 1.82) is 5.26 Å². The van der Waals surface area contributed by atoms with Gasteiger partial charge in [-0.3, -0.25) is 0 Å². The first-order valence-electron chi connectivity index (χ1n) is 7.04. The highest BCUT2D eigenvalue weighted by Crippen LogP contribution is 2.53. The lowest BCUT2D eigenvalue weighted by Crippen LogP contribution is -2.41. The Bertz CT molecular complexity index is 527. The van der Waals surface area contributed by atoms with Gasteiger partial charge >= 0.3 is 0 Å². The largest absolute Gasteiger partial charge is 0.384 e. The summed E-state index contributed by atoms with van der Waals surface area (Å²) >= 11 is 0. The monoisotopic (exact) mass is 257 g/mol. The number of aryl methyl sites for hydroxylation is 2. The molecular weight excluding hydrogens is 234 g/mol. The molecule has 0 amide bonds. The van der Waals surface area contributed by atoms with Crippen molar-refractivity contribution < 1.29 is 5.11 Å². The molecule has 2 rings (SSSR count). The molecule has 0 radical (unpaired) electrons. The van der Waals surface area contributed by atoms with Crippen LogP contribution in [-0.4, -0.2) is 5.11 Å². The number of aliphatic hydroxyl groups is 1. The summed E-state index contributed by atoms with van der Waals surface area (Å²) in [5.74, 6) is 0.510. The number of nitrogens with zero attached hydrogens (tertiary/aromatic N) is 1. The molecule has 2 heteroatoms. The summed E-state index contributed by atoms with van der Waals surface area (Å²) in [7, 11) is 0. The highest BCUT2D eigenvalue weighted by Gasteiger charge is 2.52. The first-order valence-corrected chi connectivity index (χ1v) is 7.04. The van der Waals surface area contributed by atoms with Crippen LogP contribution in [0.15, 0.2) is 18.2 Å². The van der Waals surface area contributed by atoms with Crippen molar-refractivity contribution in [3.63, 3.8) is 0 Å². The number of hydrogen-bond acceptors (Lipinski definition) is 2. The third-order valence-electron chi connectivity index (χ3n) is 4.82. The molecule has 3 atom stereocenters. The van der Waals surface area contributed by atoms with Crippen molar-refractivity contribution >= 4 is 0 Å². The van der Waals surface area contributed by atoms with Crippen LogP contribution < -0.4 is 0 Å². The highest BCUT2D eigenvalue weighted by atomic mass is 16.3. The summed E-state index contributed by atoms with van der Waals surface area (Å²) in [6.45, 7) is 8.01. The highest BCUT2D eigenvalue weighted by molar-refractivity contribution is 5.38. The molecule has 3 unspecified atom stereocenters. The molecule has 1 aromatic carbocycles. The predicted octanol–water partition coefficient (Wildman–Crippen LogP) is 3.84. The molecule has 1 aliphatic rings. The van der Waals surface area contributed by atoms with Crippen LogP contribution in [0.1, 0.15) is 49.8 Å². The lowest BCUT2D eigenvalue weighted by atomic mass is 9.67. The van der Waals surface area contributed by atoms with Crippen LogP contribution in [0.4, 0.5) is 0 Å². The van der Waals surface area contributed by atoms with Crippen LogP contribution in [0.25, 0.3) is 0 Å². The van der Waals surface area contributed by atoms with Gasteiger partial charge in [0.25, 0.3) is 0 Å². The van der Waals surface area contributed by atoms with E-state index < -0.39 is 11.0 Å². The van der Waals surface area contributed by atoms with E-state index in [1.807, 2.05) is 39.0 Å². The fourth-order valence-electron chi connectivity index (χ4n) is 3.46. The van der Waals surface area contributed by atoms with Gasteiger partial charge < -0.3 is 5.11 Å². The Morgan fingerprint density at radius 2 is 2.11 bits per heavy atom. The average molecular weight is 257 g/mol. The Labute approximate surface area is 116 Å². The van der Waals surface area contributed by atoms with Crippen LogP contribution in [-0.2, 0) is 5.60 Å². The molecule has 0 spiro atoms. The van der Waals surface area contributed by atoms with Crippen LogP contribution in [0.3, 0.4) is 0 Å². The summed E-state index contributed by atoms with van der Waals surface area (Å²) in [5, 5.41) is 20.8. The molecule has 19 heavy (non-hydrogen) atoms. The molecule has 0 saturated heterocycles. The van der Waals surface area contributed by atoms with Gasteiger partial charge in [0, 0.05) is 0 Å². The molecule has 102 valence electrons. The molecule has 0 aromatic heterocycles. The molecule has 1 aromatic rings. The lowest BCUT2D eigenvalue weighted by molar-refractivity contribution is -0.0444. The minimum absolute atomic E-state index is 0.510. The average Bonchev–Trinajstić information content (AvgIpc) is 2.75. The maximum absolute atomic E-state index is 11.1. The summed E-state index contributed by atoms with van der Waals surface area (Å²) < 4.78 is 0. The van der Waals surface area contributed by atoms with E-state index in [4.69, 9.17) is 0 Å². The van der Waals surface area contributed by atoms with Crippen molar-refractivity contribution in [2.24, 2.45) is 11.3 Å². The van der Waals surface area contributed by atoms with Crippen LogP contribution in [0, 0.1) is 36.5 Å². The fourth-order valence-corrected chi connectivity index (χ4v) is 3.46. The van der Waals surface area contributed by atoms with Gasteiger partial charge in [0.2, 0.25) is 0 Å². The molecule has 1 saturated carbocycles. The van der Waals surface area contributed by atoms with E-state index in [-0.39, 0.29) is 0 Å². The Morgan fingerprint density at radius 3 is 2.63 bits per heavy atom. The SMILES string of the molecule is Cc1ccc(C)c(C(C)(O)C2(C#N)CCC(C)C2)c1. The van der Waals surface area contributed by atoms with Crippen molar-refractivity contribution in [1.82, 2.24) is 0 Å². The van der Waals surface area contributed by atoms with Gasteiger partial charge in [-0.2, -0.15) is 5.26 Å². The number of hydrogen-bond donors (Lipinski definition) is 1. The van der Waals surface area contributed by atoms with E-state index >= 15 is 0 Å². The molecule has 0 aliphatic heterocycles. The minimum atomic E-state index is -1.08. The molecule has 0 heterocycles. The van der Waals surface area contributed by atoms with E-state index in [0.717, 1.165) is 36.0 Å². The van der Waals surface area contributed by atoms with Gasteiger partial charge in [0.1, 0.15) is 5.60 Å². The Balaban J connectivity index is 2.52. The fraction of sp³-hybridized carbons (Fsp3) is 0.588. The second-order valence-corrected chi connectivity index (χ2v) is 6.43. The van der Waals surface area contributed by atoms with E-state index in [9.17, 15) is 10.4 Å². The van der Waals surface area contributed by atoms with E-state index in [0.29, 0.717) is 5.92 Å². The van der Waals surface area contributed by atoms with Crippen LogP contribution >= 0.6 is 0 Å². The minimum Gasteiger partial charge on any atom is -0.384 e. The van der Waals surface area contributed by atoms with E-state index in [2.05, 4.69) is 13.0 Å². The molecule has 1 fully saturated rings.